The molecule has 0 aliphatic heterocycles. The fraction of sp³-hybridized carbons (Fsp3) is 0.750. The molecular weight excluding hydrogens is 288 g/mol. The molecule has 0 bridgehead atoms. The lowest BCUT2D eigenvalue weighted by molar-refractivity contribution is -0.133. The summed E-state index contributed by atoms with van der Waals surface area (Å²) in [4.78, 5) is 11.2. The van der Waals surface area contributed by atoms with Gasteiger partial charge in [0.1, 0.15) is 0 Å². The largest absolute Gasteiger partial charge is 0.478 e. The minimum Gasteiger partial charge on any atom is -0.478 e. The second-order valence-electron chi connectivity index (χ2n) is 8.81. The summed E-state index contributed by atoms with van der Waals surface area (Å²) in [6, 6.07) is 0. The highest BCUT2D eigenvalue weighted by molar-refractivity contribution is 5.86. The Hall–Kier alpha value is -1.09. The first-order valence-electron chi connectivity index (χ1n) is 8.97. The van der Waals surface area contributed by atoms with Gasteiger partial charge in [-0.1, -0.05) is 39.0 Å². The van der Waals surface area contributed by atoms with Gasteiger partial charge in [-0.05, 0) is 67.1 Å². The fourth-order valence-corrected chi connectivity index (χ4v) is 5.87. The third-order valence-electron chi connectivity index (χ3n) is 7.42. The van der Waals surface area contributed by atoms with E-state index in [4.69, 9.17) is 0 Å². The Bertz CT molecular complexity index is 559. The van der Waals surface area contributed by atoms with Crippen molar-refractivity contribution in [1.82, 2.24) is 0 Å². The molecule has 3 aliphatic carbocycles. The third-order valence-corrected chi connectivity index (χ3v) is 7.42. The molecule has 0 aromatic rings. The van der Waals surface area contributed by atoms with Crippen molar-refractivity contribution in [3.8, 4) is 0 Å². The van der Waals surface area contributed by atoms with Crippen LogP contribution in [0.15, 0.2) is 23.8 Å². The van der Waals surface area contributed by atoms with Gasteiger partial charge in [-0.15, -0.1) is 0 Å². The Labute approximate surface area is 139 Å². The number of aliphatic hydroxyl groups is 1. The number of hydrogen-bond donors (Lipinski definition) is 2. The molecule has 0 heterocycles. The summed E-state index contributed by atoms with van der Waals surface area (Å²) in [5, 5.41) is 19.7. The second kappa shape index (κ2) is 5.47. The zero-order valence-corrected chi connectivity index (χ0v) is 14.6. The first-order valence-corrected chi connectivity index (χ1v) is 8.97. The fourth-order valence-electron chi connectivity index (χ4n) is 5.87. The van der Waals surface area contributed by atoms with Gasteiger partial charge in [0.15, 0.2) is 0 Å². The third kappa shape index (κ3) is 2.48. The summed E-state index contributed by atoms with van der Waals surface area (Å²) >= 11 is 0. The molecule has 2 saturated carbocycles. The van der Waals surface area contributed by atoms with Crippen LogP contribution in [0.3, 0.4) is 0 Å². The molecule has 3 heteroatoms. The Morgan fingerprint density at radius 1 is 1.26 bits per heavy atom. The molecule has 3 rings (SSSR count). The van der Waals surface area contributed by atoms with E-state index in [-0.39, 0.29) is 22.9 Å². The maximum absolute atomic E-state index is 11.2. The molecule has 0 amide bonds. The number of carboxylic acids is 1. The number of hydrogen-bond acceptors (Lipinski definition) is 2. The number of aliphatic carboxylic acids is 1. The lowest BCUT2D eigenvalue weighted by atomic mass is 9.46. The van der Waals surface area contributed by atoms with E-state index < -0.39 is 5.97 Å². The van der Waals surface area contributed by atoms with Crippen molar-refractivity contribution < 1.29 is 15.0 Å². The molecule has 0 spiro atoms. The standard InChI is InChI=1S/C20H30O3/c1-12(18(22)23)13-5-7-15-14(11-13)6-8-16-19(2,3)17(21)9-10-20(15,16)4/h6,13,15-17,21H,1,5,7-11H2,2-4H3,(H,22,23)/t13-,15-,16-,17+,20-/m1/s1. The summed E-state index contributed by atoms with van der Waals surface area (Å²) in [5.41, 5.74) is 2.02. The van der Waals surface area contributed by atoms with Crippen LogP contribution < -0.4 is 0 Å². The predicted octanol–water partition coefficient (Wildman–Crippen LogP) is 4.18. The van der Waals surface area contributed by atoms with Crippen LogP contribution in [0.4, 0.5) is 0 Å². The average Bonchev–Trinajstić information content (AvgIpc) is 2.50. The van der Waals surface area contributed by atoms with Crippen LogP contribution in [0.2, 0.25) is 0 Å². The molecule has 0 saturated heterocycles. The molecule has 2 fully saturated rings. The Morgan fingerprint density at radius 2 is 1.96 bits per heavy atom. The molecular formula is C20H30O3. The zero-order valence-electron chi connectivity index (χ0n) is 14.6. The highest BCUT2D eigenvalue weighted by Gasteiger charge is 2.56. The topological polar surface area (TPSA) is 57.5 Å². The van der Waals surface area contributed by atoms with E-state index in [0.29, 0.717) is 17.4 Å². The predicted molar refractivity (Wildman–Crippen MR) is 90.9 cm³/mol. The van der Waals surface area contributed by atoms with Gasteiger partial charge in [-0.2, -0.15) is 0 Å². The molecule has 128 valence electrons. The number of carbonyl (C=O) groups is 1. The molecule has 5 atom stereocenters. The molecule has 2 N–H and O–H groups in total. The van der Waals surface area contributed by atoms with Gasteiger partial charge in [-0.25, -0.2) is 4.79 Å². The van der Waals surface area contributed by atoms with Crippen molar-refractivity contribution in [3.05, 3.63) is 23.8 Å². The van der Waals surface area contributed by atoms with E-state index in [1.54, 1.807) is 0 Å². The molecule has 0 aromatic heterocycles. The number of allylic oxidation sites excluding steroid dienone is 2. The summed E-state index contributed by atoms with van der Waals surface area (Å²) in [5.74, 6) is 0.297. The van der Waals surface area contributed by atoms with Crippen LogP contribution in [0, 0.1) is 28.6 Å². The lowest BCUT2D eigenvalue weighted by Gasteiger charge is -2.59. The molecule has 23 heavy (non-hydrogen) atoms. The van der Waals surface area contributed by atoms with E-state index in [1.165, 1.54) is 5.57 Å². The molecule has 3 nitrogen and oxygen atoms in total. The van der Waals surface area contributed by atoms with E-state index >= 15 is 0 Å². The number of rotatable bonds is 2. The van der Waals surface area contributed by atoms with Crippen molar-refractivity contribution in [2.24, 2.45) is 28.6 Å². The quantitative estimate of drug-likeness (QED) is 0.593. The summed E-state index contributed by atoms with van der Waals surface area (Å²) < 4.78 is 0. The van der Waals surface area contributed by atoms with Gasteiger partial charge in [0.25, 0.3) is 0 Å². The van der Waals surface area contributed by atoms with Crippen LogP contribution in [-0.4, -0.2) is 22.3 Å². The van der Waals surface area contributed by atoms with Crippen molar-refractivity contribution in [2.45, 2.75) is 65.4 Å². The summed E-state index contributed by atoms with van der Waals surface area (Å²) in [6.07, 6.45) is 7.97. The maximum Gasteiger partial charge on any atom is 0.331 e. The average molecular weight is 318 g/mol. The van der Waals surface area contributed by atoms with Crippen molar-refractivity contribution in [2.75, 3.05) is 0 Å². The molecule has 0 unspecified atom stereocenters. The van der Waals surface area contributed by atoms with E-state index in [0.717, 1.165) is 38.5 Å². The minimum absolute atomic E-state index is 0.0451. The van der Waals surface area contributed by atoms with Crippen LogP contribution in [0.5, 0.6) is 0 Å². The molecule has 3 aliphatic rings. The normalized spacial score (nSPS) is 42.2. The van der Waals surface area contributed by atoms with E-state index in [2.05, 4.69) is 33.4 Å². The summed E-state index contributed by atoms with van der Waals surface area (Å²) in [7, 11) is 0. The van der Waals surface area contributed by atoms with Gasteiger partial charge < -0.3 is 10.2 Å². The van der Waals surface area contributed by atoms with Gasteiger partial charge >= 0.3 is 5.97 Å². The van der Waals surface area contributed by atoms with Crippen molar-refractivity contribution in [3.63, 3.8) is 0 Å². The van der Waals surface area contributed by atoms with Crippen LogP contribution in [-0.2, 0) is 4.79 Å². The van der Waals surface area contributed by atoms with E-state index in [1.807, 2.05) is 0 Å². The second-order valence-corrected chi connectivity index (χ2v) is 8.81. The van der Waals surface area contributed by atoms with Crippen LogP contribution in [0.1, 0.15) is 59.3 Å². The molecule has 0 radical (unpaired) electrons. The Kier molecular flexibility index (Phi) is 3.99. The van der Waals surface area contributed by atoms with E-state index in [9.17, 15) is 15.0 Å². The first kappa shape index (κ1) is 16.8. The number of carboxylic acid groups (broad SMARTS) is 1. The van der Waals surface area contributed by atoms with Gasteiger partial charge in [0.2, 0.25) is 0 Å². The SMILES string of the molecule is C=C(C(=O)O)[C@@H]1CC[C@@H]2C(=CC[C@@H]3C(C)(C)[C@@H](O)CC[C@]23C)C1. The summed E-state index contributed by atoms with van der Waals surface area (Å²) in [6.45, 7) is 10.6. The highest BCUT2D eigenvalue weighted by atomic mass is 16.4. The van der Waals surface area contributed by atoms with Crippen LogP contribution >= 0.6 is 0 Å². The number of aliphatic hydroxyl groups excluding tert-OH is 1. The Morgan fingerprint density at radius 3 is 2.61 bits per heavy atom. The van der Waals surface area contributed by atoms with Gasteiger partial charge in [0, 0.05) is 5.57 Å². The minimum atomic E-state index is -0.851. The monoisotopic (exact) mass is 318 g/mol. The van der Waals surface area contributed by atoms with Gasteiger partial charge in [0.05, 0.1) is 6.10 Å². The maximum atomic E-state index is 11.2. The lowest BCUT2D eigenvalue weighted by Crippen LogP contribution is -2.54. The Balaban J connectivity index is 1.87. The van der Waals surface area contributed by atoms with Crippen LogP contribution in [0.25, 0.3) is 0 Å². The van der Waals surface area contributed by atoms with Crippen molar-refractivity contribution >= 4 is 5.97 Å². The van der Waals surface area contributed by atoms with Crippen molar-refractivity contribution in [1.29, 1.82) is 0 Å². The van der Waals surface area contributed by atoms with Gasteiger partial charge in [-0.3, -0.25) is 0 Å². The molecule has 0 aromatic carbocycles. The zero-order chi connectivity index (χ0) is 17.0. The number of fused-ring (bicyclic) bond motifs is 3. The highest BCUT2D eigenvalue weighted by Crippen LogP contribution is 2.62. The smallest absolute Gasteiger partial charge is 0.331 e. The first-order chi connectivity index (χ1) is 10.7.